The third-order valence-electron chi connectivity index (χ3n) is 12.9. The van der Waals surface area contributed by atoms with Gasteiger partial charge in [0.2, 0.25) is 0 Å². The molecular formula is C55H106O6. The molecule has 362 valence electrons. The minimum atomic E-state index is -0.760. The van der Waals surface area contributed by atoms with Crippen molar-refractivity contribution in [2.24, 2.45) is 5.92 Å². The van der Waals surface area contributed by atoms with E-state index in [2.05, 4.69) is 27.7 Å². The molecule has 0 aromatic carbocycles. The summed E-state index contributed by atoms with van der Waals surface area (Å²) in [6.07, 6.45) is 52.2. The average Bonchev–Trinajstić information content (AvgIpc) is 3.26. The highest BCUT2D eigenvalue weighted by atomic mass is 16.6. The van der Waals surface area contributed by atoms with Crippen LogP contribution >= 0.6 is 0 Å². The van der Waals surface area contributed by atoms with E-state index in [1.54, 1.807) is 0 Å². The minimum absolute atomic E-state index is 0.0622. The molecule has 2 atom stereocenters. The summed E-state index contributed by atoms with van der Waals surface area (Å²) in [7, 11) is 0. The molecule has 0 bridgehead atoms. The van der Waals surface area contributed by atoms with Gasteiger partial charge in [-0.2, -0.15) is 0 Å². The Bertz CT molecular complexity index is 920. The third-order valence-corrected chi connectivity index (χ3v) is 12.9. The fraction of sp³-hybridized carbons (Fsp3) is 0.945. The highest BCUT2D eigenvalue weighted by Gasteiger charge is 2.19. The second-order valence-electron chi connectivity index (χ2n) is 19.1. The lowest BCUT2D eigenvalue weighted by Crippen LogP contribution is -2.30. The zero-order chi connectivity index (χ0) is 44.5. The Morgan fingerprint density at radius 3 is 0.852 bits per heavy atom. The molecule has 6 heteroatoms. The maximum absolute atomic E-state index is 12.8. The zero-order valence-electron chi connectivity index (χ0n) is 41.6. The summed E-state index contributed by atoms with van der Waals surface area (Å²) in [4.78, 5) is 38.0. The van der Waals surface area contributed by atoms with Crippen molar-refractivity contribution in [1.82, 2.24) is 0 Å². The lowest BCUT2D eigenvalue weighted by molar-refractivity contribution is -0.167. The first kappa shape index (κ1) is 59.4. The van der Waals surface area contributed by atoms with Gasteiger partial charge in [-0.05, 0) is 25.2 Å². The first-order valence-electron chi connectivity index (χ1n) is 27.4. The zero-order valence-corrected chi connectivity index (χ0v) is 41.6. The van der Waals surface area contributed by atoms with Crippen molar-refractivity contribution < 1.29 is 28.6 Å². The van der Waals surface area contributed by atoms with E-state index in [4.69, 9.17) is 14.2 Å². The van der Waals surface area contributed by atoms with Crippen LogP contribution in [0.1, 0.15) is 310 Å². The number of carbonyl (C=O) groups is 3. The van der Waals surface area contributed by atoms with Gasteiger partial charge in [0, 0.05) is 19.3 Å². The van der Waals surface area contributed by atoms with Crippen LogP contribution in [0.5, 0.6) is 0 Å². The van der Waals surface area contributed by atoms with Gasteiger partial charge in [-0.1, -0.05) is 272 Å². The Labute approximate surface area is 380 Å². The number of unbranched alkanes of at least 4 members (excludes halogenated alkanes) is 36. The topological polar surface area (TPSA) is 78.9 Å². The van der Waals surface area contributed by atoms with Gasteiger partial charge < -0.3 is 14.2 Å². The largest absolute Gasteiger partial charge is 0.462 e. The van der Waals surface area contributed by atoms with E-state index in [9.17, 15) is 14.4 Å². The van der Waals surface area contributed by atoms with Crippen LogP contribution in [0.25, 0.3) is 0 Å². The molecule has 6 nitrogen and oxygen atoms in total. The SMILES string of the molecule is CCCCCCCCCCCCCCCC(=O)O[C@H](COC(=O)CCCCCCCCCCCCCC)COC(=O)CCCCCCCCCCCCCCCCC(C)CC. The highest BCUT2D eigenvalue weighted by Crippen LogP contribution is 2.18. The van der Waals surface area contributed by atoms with E-state index in [1.165, 1.54) is 205 Å². The van der Waals surface area contributed by atoms with Crippen molar-refractivity contribution in [3.63, 3.8) is 0 Å². The Hall–Kier alpha value is -1.59. The fourth-order valence-electron chi connectivity index (χ4n) is 8.36. The fourth-order valence-corrected chi connectivity index (χ4v) is 8.36. The molecule has 0 aliphatic rings. The van der Waals surface area contributed by atoms with Crippen LogP contribution in [0.3, 0.4) is 0 Å². The molecule has 0 aromatic rings. The van der Waals surface area contributed by atoms with E-state index >= 15 is 0 Å². The number of ether oxygens (including phenoxy) is 3. The molecule has 61 heavy (non-hydrogen) atoms. The summed E-state index contributed by atoms with van der Waals surface area (Å²) in [5.74, 6) is 0.0560. The molecule has 0 saturated heterocycles. The Kier molecular flexibility index (Phi) is 48.1. The maximum Gasteiger partial charge on any atom is 0.306 e. The Morgan fingerprint density at radius 2 is 0.574 bits per heavy atom. The summed E-state index contributed by atoms with van der Waals surface area (Å²) in [5, 5.41) is 0. The van der Waals surface area contributed by atoms with Crippen molar-refractivity contribution in [2.45, 2.75) is 316 Å². The first-order valence-corrected chi connectivity index (χ1v) is 27.4. The molecule has 0 aliphatic heterocycles. The normalized spacial score (nSPS) is 12.4. The molecule has 0 fully saturated rings. The van der Waals surface area contributed by atoms with Gasteiger partial charge in [-0.3, -0.25) is 14.4 Å². The van der Waals surface area contributed by atoms with Gasteiger partial charge in [0.25, 0.3) is 0 Å². The summed E-state index contributed by atoms with van der Waals surface area (Å²) >= 11 is 0. The lowest BCUT2D eigenvalue weighted by Gasteiger charge is -2.18. The Morgan fingerprint density at radius 1 is 0.328 bits per heavy atom. The van der Waals surface area contributed by atoms with E-state index in [0.717, 1.165) is 63.7 Å². The van der Waals surface area contributed by atoms with Crippen molar-refractivity contribution in [3.8, 4) is 0 Å². The molecule has 0 aliphatic carbocycles. The van der Waals surface area contributed by atoms with Crippen LogP contribution in [0.15, 0.2) is 0 Å². The number of rotatable bonds is 50. The van der Waals surface area contributed by atoms with Crippen molar-refractivity contribution in [1.29, 1.82) is 0 Å². The first-order chi connectivity index (χ1) is 29.9. The van der Waals surface area contributed by atoms with Crippen LogP contribution in [-0.2, 0) is 28.6 Å². The number of carbonyl (C=O) groups excluding carboxylic acids is 3. The molecule has 0 aromatic heterocycles. The molecule has 1 unspecified atom stereocenters. The maximum atomic E-state index is 12.8. The summed E-state index contributed by atoms with van der Waals surface area (Å²) in [6, 6.07) is 0. The molecule has 0 radical (unpaired) electrons. The van der Waals surface area contributed by atoms with Gasteiger partial charge >= 0.3 is 17.9 Å². The lowest BCUT2D eigenvalue weighted by atomic mass is 9.99. The minimum Gasteiger partial charge on any atom is -0.462 e. The van der Waals surface area contributed by atoms with Crippen LogP contribution in [0, 0.1) is 5.92 Å². The molecule has 0 N–H and O–H groups in total. The predicted molar refractivity (Wildman–Crippen MR) is 261 cm³/mol. The quantitative estimate of drug-likeness (QED) is 0.0344. The van der Waals surface area contributed by atoms with Crippen LogP contribution in [0.2, 0.25) is 0 Å². The van der Waals surface area contributed by atoms with Crippen LogP contribution in [0.4, 0.5) is 0 Å². The van der Waals surface area contributed by atoms with E-state index in [-0.39, 0.29) is 31.1 Å². The van der Waals surface area contributed by atoms with Crippen LogP contribution in [-0.4, -0.2) is 37.2 Å². The van der Waals surface area contributed by atoms with Gasteiger partial charge in [0.1, 0.15) is 13.2 Å². The second kappa shape index (κ2) is 49.4. The van der Waals surface area contributed by atoms with E-state index < -0.39 is 6.10 Å². The van der Waals surface area contributed by atoms with Gasteiger partial charge in [0.05, 0.1) is 0 Å². The van der Waals surface area contributed by atoms with Gasteiger partial charge in [0.15, 0.2) is 6.10 Å². The summed E-state index contributed by atoms with van der Waals surface area (Å²) in [6.45, 7) is 9.08. The van der Waals surface area contributed by atoms with E-state index in [1.807, 2.05) is 0 Å². The van der Waals surface area contributed by atoms with Crippen molar-refractivity contribution in [2.75, 3.05) is 13.2 Å². The highest BCUT2D eigenvalue weighted by molar-refractivity contribution is 5.71. The monoisotopic (exact) mass is 863 g/mol. The Balaban J connectivity index is 4.27. The number of hydrogen-bond acceptors (Lipinski definition) is 6. The smallest absolute Gasteiger partial charge is 0.306 e. The second-order valence-corrected chi connectivity index (χ2v) is 19.1. The molecule has 0 spiro atoms. The van der Waals surface area contributed by atoms with Crippen molar-refractivity contribution >= 4 is 17.9 Å². The van der Waals surface area contributed by atoms with Gasteiger partial charge in [-0.25, -0.2) is 0 Å². The average molecular weight is 863 g/mol. The molecule has 0 rings (SSSR count). The molecule has 0 saturated carbocycles. The molecule has 0 amide bonds. The van der Waals surface area contributed by atoms with E-state index in [0.29, 0.717) is 19.3 Å². The molecular weight excluding hydrogens is 757 g/mol. The number of hydrogen-bond donors (Lipinski definition) is 0. The van der Waals surface area contributed by atoms with Gasteiger partial charge in [-0.15, -0.1) is 0 Å². The third kappa shape index (κ3) is 47.7. The number of esters is 3. The molecule has 0 heterocycles. The summed E-state index contributed by atoms with van der Waals surface area (Å²) < 4.78 is 16.8. The van der Waals surface area contributed by atoms with Crippen molar-refractivity contribution in [3.05, 3.63) is 0 Å². The predicted octanol–water partition coefficient (Wildman–Crippen LogP) is 17.8. The standard InChI is InChI=1S/C55H106O6/c1-5-8-10-12-14-16-18-22-28-32-36-40-44-48-55(58)61-52(49-59-53(56)46-42-38-34-30-26-19-17-15-13-11-9-6-2)50-60-54(57)47-43-39-35-31-27-24-21-20-23-25-29-33-37-41-45-51(4)7-3/h51-52H,5-50H2,1-4H3/t51?,52-/m1/s1. The van der Waals surface area contributed by atoms with Crippen LogP contribution < -0.4 is 0 Å². The summed E-state index contributed by atoms with van der Waals surface area (Å²) in [5.41, 5.74) is 0.